The maximum Gasteiger partial charge on any atom is 0.255 e. The standard InChI is InChI=1S/C15H14INO3/c1-19-13-7-10(8-14(9-13)20-2)15(18)17-12-5-3-11(16)4-6-12/h3-9H,1-2H3,(H,17,18). The number of methoxy groups -OCH3 is 2. The lowest BCUT2D eigenvalue weighted by atomic mass is 10.2. The first-order valence-electron chi connectivity index (χ1n) is 5.92. The fourth-order valence-electron chi connectivity index (χ4n) is 1.68. The van der Waals surface area contributed by atoms with Crippen molar-refractivity contribution in [2.24, 2.45) is 0 Å². The summed E-state index contributed by atoms with van der Waals surface area (Å²) in [4.78, 5) is 12.2. The zero-order valence-corrected chi connectivity index (χ0v) is 13.3. The van der Waals surface area contributed by atoms with Gasteiger partial charge in [-0.05, 0) is 59.0 Å². The number of benzene rings is 2. The van der Waals surface area contributed by atoms with E-state index in [-0.39, 0.29) is 5.91 Å². The maximum absolute atomic E-state index is 12.2. The summed E-state index contributed by atoms with van der Waals surface area (Å²) in [6.45, 7) is 0. The summed E-state index contributed by atoms with van der Waals surface area (Å²) in [6, 6.07) is 12.6. The molecule has 2 aromatic carbocycles. The van der Waals surface area contributed by atoms with Gasteiger partial charge in [-0.25, -0.2) is 0 Å². The zero-order chi connectivity index (χ0) is 14.5. The number of nitrogens with one attached hydrogen (secondary N) is 1. The Bertz CT molecular complexity index is 589. The molecular formula is C15H14INO3. The summed E-state index contributed by atoms with van der Waals surface area (Å²) >= 11 is 2.21. The molecule has 104 valence electrons. The molecule has 0 aliphatic heterocycles. The largest absolute Gasteiger partial charge is 0.497 e. The van der Waals surface area contributed by atoms with Gasteiger partial charge in [-0.1, -0.05) is 0 Å². The summed E-state index contributed by atoms with van der Waals surface area (Å²) in [7, 11) is 3.10. The third-order valence-corrected chi connectivity index (χ3v) is 3.43. The highest BCUT2D eigenvalue weighted by atomic mass is 127. The molecule has 0 aliphatic carbocycles. The number of carbonyl (C=O) groups is 1. The van der Waals surface area contributed by atoms with Gasteiger partial charge in [-0.2, -0.15) is 0 Å². The van der Waals surface area contributed by atoms with E-state index < -0.39 is 0 Å². The summed E-state index contributed by atoms with van der Waals surface area (Å²) in [6.07, 6.45) is 0. The van der Waals surface area contributed by atoms with E-state index in [2.05, 4.69) is 27.9 Å². The van der Waals surface area contributed by atoms with E-state index in [0.717, 1.165) is 9.26 Å². The van der Waals surface area contributed by atoms with Gasteiger partial charge in [-0.15, -0.1) is 0 Å². The van der Waals surface area contributed by atoms with E-state index in [0.29, 0.717) is 17.1 Å². The number of amides is 1. The fourth-order valence-corrected chi connectivity index (χ4v) is 2.03. The first kappa shape index (κ1) is 14.6. The Morgan fingerprint density at radius 1 is 1.00 bits per heavy atom. The lowest BCUT2D eigenvalue weighted by Gasteiger charge is -2.09. The van der Waals surface area contributed by atoms with Crippen LogP contribution in [-0.2, 0) is 0 Å². The first-order valence-corrected chi connectivity index (χ1v) is 7.00. The van der Waals surface area contributed by atoms with Crippen LogP contribution in [0.4, 0.5) is 5.69 Å². The molecule has 0 saturated heterocycles. The minimum absolute atomic E-state index is 0.205. The fraction of sp³-hybridized carbons (Fsp3) is 0.133. The monoisotopic (exact) mass is 383 g/mol. The molecule has 0 unspecified atom stereocenters. The van der Waals surface area contributed by atoms with Crippen molar-refractivity contribution in [2.75, 3.05) is 19.5 Å². The lowest BCUT2D eigenvalue weighted by Crippen LogP contribution is -2.12. The highest BCUT2D eigenvalue weighted by molar-refractivity contribution is 14.1. The van der Waals surface area contributed by atoms with Crippen molar-refractivity contribution in [3.8, 4) is 11.5 Å². The molecule has 0 fully saturated rings. The molecule has 1 N–H and O–H groups in total. The van der Waals surface area contributed by atoms with Crippen LogP contribution in [0.2, 0.25) is 0 Å². The molecule has 0 heterocycles. The number of hydrogen-bond donors (Lipinski definition) is 1. The van der Waals surface area contributed by atoms with E-state index >= 15 is 0 Å². The summed E-state index contributed by atoms with van der Waals surface area (Å²) in [5, 5.41) is 2.83. The number of halogens is 1. The van der Waals surface area contributed by atoms with Crippen molar-refractivity contribution in [2.45, 2.75) is 0 Å². The predicted molar refractivity (Wildman–Crippen MR) is 86.7 cm³/mol. The van der Waals surface area contributed by atoms with Gasteiger partial charge in [0.1, 0.15) is 11.5 Å². The molecular weight excluding hydrogens is 369 g/mol. The van der Waals surface area contributed by atoms with Gasteiger partial charge in [0.2, 0.25) is 0 Å². The number of carbonyl (C=O) groups excluding carboxylic acids is 1. The van der Waals surface area contributed by atoms with Crippen LogP contribution in [0, 0.1) is 3.57 Å². The number of hydrogen-bond acceptors (Lipinski definition) is 3. The third kappa shape index (κ3) is 3.63. The minimum atomic E-state index is -0.205. The molecule has 20 heavy (non-hydrogen) atoms. The smallest absolute Gasteiger partial charge is 0.255 e. The van der Waals surface area contributed by atoms with Crippen molar-refractivity contribution in [1.82, 2.24) is 0 Å². The SMILES string of the molecule is COc1cc(OC)cc(C(=O)Nc2ccc(I)cc2)c1. The van der Waals surface area contributed by atoms with Crippen LogP contribution in [0.3, 0.4) is 0 Å². The van der Waals surface area contributed by atoms with E-state index in [4.69, 9.17) is 9.47 Å². The van der Waals surface area contributed by atoms with Gasteiger partial charge in [0, 0.05) is 20.9 Å². The van der Waals surface area contributed by atoms with Crippen LogP contribution in [0.25, 0.3) is 0 Å². The van der Waals surface area contributed by atoms with Crippen LogP contribution >= 0.6 is 22.6 Å². The van der Waals surface area contributed by atoms with Gasteiger partial charge in [0.05, 0.1) is 14.2 Å². The highest BCUT2D eigenvalue weighted by Gasteiger charge is 2.10. The number of rotatable bonds is 4. The van der Waals surface area contributed by atoms with Gasteiger partial charge in [-0.3, -0.25) is 4.79 Å². The molecule has 0 radical (unpaired) electrons. The third-order valence-electron chi connectivity index (χ3n) is 2.72. The molecule has 0 aromatic heterocycles. The topological polar surface area (TPSA) is 47.6 Å². The van der Waals surface area contributed by atoms with Gasteiger partial charge in [0.15, 0.2) is 0 Å². The molecule has 0 saturated carbocycles. The van der Waals surface area contributed by atoms with E-state index in [9.17, 15) is 4.79 Å². The zero-order valence-electron chi connectivity index (χ0n) is 11.1. The molecule has 0 aliphatic rings. The Morgan fingerprint density at radius 3 is 2.05 bits per heavy atom. The van der Waals surface area contributed by atoms with Crippen LogP contribution in [-0.4, -0.2) is 20.1 Å². The average Bonchev–Trinajstić information content (AvgIpc) is 2.48. The van der Waals surface area contributed by atoms with Crippen molar-refractivity contribution in [3.05, 3.63) is 51.6 Å². The lowest BCUT2D eigenvalue weighted by molar-refractivity contribution is 0.102. The van der Waals surface area contributed by atoms with E-state index in [1.54, 1.807) is 32.4 Å². The molecule has 0 bridgehead atoms. The van der Waals surface area contributed by atoms with Crippen molar-refractivity contribution in [1.29, 1.82) is 0 Å². The molecule has 4 nitrogen and oxygen atoms in total. The summed E-state index contributed by atoms with van der Waals surface area (Å²) < 4.78 is 11.4. The van der Waals surface area contributed by atoms with Gasteiger partial charge in [0.25, 0.3) is 5.91 Å². The minimum Gasteiger partial charge on any atom is -0.497 e. The molecule has 0 spiro atoms. The van der Waals surface area contributed by atoms with Crippen molar-refractivity contribution in [3.63, 3.8) is 0 Å². The molecule has 2 rings (SSSR count). The molecule has 5 heteroatoms. The normalized spacial score (nSPS) is 9.95. The summed E-state index contributed by atoms with van der Waals surface area (Å²) in [5.74, 6) is 0.956. The van der Waals surface area contributed by atoms with Crippen LogP contribution in [0.1, 0.15) is 10.4 Å². The van der Waals surface area contributed by atoms with E-state index in [1.807, 2.05) is 24.3 Å². The second-order valence-corrected chi connectivity index (χ2v) is 5.31. The Hall–Kier alpha value is -1.76. The Kier molecular flexibility index (Phi) is 4.84. The van der Waals surface area contributed by atoms with Crippen LogP contribution in [0.5, 0.6) is 11.5 Å². The second-order valence-electron chi connectivity index (χ2n) is 4.06. The first-order chi connectivity index (χ1) is 9.62. The average molecular weight is 383 g/mol. The number of anilines is 1. The second kappa shape index (κ2) is 6.60. The Balaban J connectivity index is 2.22. The molecule has 1 amide bonds. The Morgan fingerprint density at radius 2 is 1.55 bits per heavy atom. The number of ether oxygens (including phenoxy) is 2. The van der Waals surface area contributed by atoms with Crippen LogP contribution < -0.4 is 14.8 Å². The predicted octanol–water partition coefficient (Wildman–Crippen LogP) is 3.56. The molecule has 2 aromatic rings. The summed E-state index contributed by atoms with van der Waals surface area (Å²) in [5.41, 5.74) is 1.23. The Labute approximate surface area is 131 Å². The highest BCUT2D eigenvalue weighted by Crippen LogP contribution is 2.23. The molecule has 0 atom stereocenters. The van der Waals surface area contributed by atoms with E-state index in [1.165, 1.54) is 0 Å². The van der Waals surface area contributed by atoms with Gasteiger partial charge < -0.3 is 14.8 Å². The van der Waals surface area contributed by atoms with Gasteiger partial charge >= 0.3 is 0 Å². The van der Waals surface area contributed by atoms with Crippen molar-refractivity contribution < 1.29 is 14.3 Å². The van der Waals surface area contributed by atoms with Crippen LogP contribution in [0.15, 0.2) is 42.5 Å². The quantitative estimate of drug-likeness (QED) is 0.822. The van der Waals surface area contributed by atoms with Crippen molar-refractivity contribution >= 4 is 34.2 Å². The maximum atomic E-state index is 12.2.